The highest BCUT2D eigenvalue weighted by molar-refractivity contribution is 4.37. The van der Waals surface area contributed by atoms with Gasteiger partial charge in [0, 0.05) is 13.1 Å². The maximum atomic E-state index is 8.09. The van der Waals surface area contributed by atoms with Crippen LogP contribution in [0.5, 0.6) is 0 Å². The lowest BCUT2D eigenvalue weighted by molar-refractivity contribution is 0.736. The van der Waals surface area contributed by atoms with Crippen LogP contribution in [0.1, 0.15) is 12.8 Å². The predicted molar refractivity (Wildman–Crippen MR) is 23.2 cm³/mol. The van der Waals surface area contributed by atoms with Gasteiger partial charge in [-0.15, -0.1) is 11.5 Å². The van der Waals surface area contributed by atoms with Crippen molar-refractivity contribution in [3.63, 3.8) is 0 Å². The number of hydrogen-bond donors (Lipinski definition) is 0. The molecule has 2 nitrogen and oxygen atoms in total. The first kappa shape index (κ1) is 5.92. The molecule has 0 aliphatic carbocycles. The van der Waals surface area contributed by atoms with Gasteiger partial charge in [-0.1, -0.05) is 0 Å². The third-order valence-electron chi connectivity index (χ3n) is 0.566. The Morgan fingerprint density at radius 1 is 0.833 bits per heavy atom. The van der Waals surface area contributed by atoms with E-state index >= 15 is 0 Å². The van der Waals surface area contributed by atoms with Crippen molar-refractivity contribution < 1.29 is 0 Å². The van der Waals surface area contributed by atoms with Gasteiger partial charge in [0.1, 0.15) is 0 Å². The summed E-state index contributed by atoms with van der Waals surface area (Å²) in [7, 11) is 0. The molecule has 0 fully saturated rings. The molecule has 0 N–H and O–H groups in total. The molecule has 0 atom stereocenters. The molecule has 0 aromatic rings. The average Bonchev–Trinajstić information content (AvgIpc) is 1.61. The molecule has 0 saturated carbocycles. The molecule has 0 spiro atoms. The first-order chi connectivity index (χ1) is 2.91. The molecule has 0 aromatic carbocycles. The smallest absolute Gasteiger partial charge is 0.0322 e. The van der Waals surface area contributed by atoms with Crippen molar-refractivity contribution in [2.45, 2.75) is 12.8 Å². The maximum Gasteiger partial charge on any atom is 0.0322 e. The molecule has 6 heavy (non-hydrogen) atoms. The highest BCUT2D eigenvalue weighted by atomic mass is 14.5. The Bertz CT molecular complexity index is 17.5. The summed E-state index contributed by atoms with van der Waals surface area (Å²) in [6.45, 7) is 0.390. The summed E-state index contributed by atoms with van der Waals surface area (Å²) in [4.78, 5) is 0. The van der Waals surface area contributed by atoms with E-state index in [1.807, 2.05) is 0 Å². The molecule has 0 aliphatic rings. The Labute approximate surface area is 38.5 Å². The minimum absolute atomic E-state index is 0.195. The molecule has 0 aromatic heterocycles. The van der Waals surface area contributed by atoms with Gasteiger partial charge < -0.3 is 0 Å². The lowest BCUT2D eigenvalue weighted by Crippen LogP contribution is -1.89. The zero-order valence-corrected chi connectivity index (χ0v) is 3.72. The van der Waals surface area contributed by atoms with Crippen LogP contribution >= 0.6 is 0 Å². The Morgan fingerprint density at radius 3 is 1.33 bits per heavy atom. The Balaban J connectivity index is 2.34. The van der Waals surface area contributed by atoms with Crippen molar-refractivity contribution in [1.29, 1.82) is 0 Å². The van der Waals surface area contributed by atoms with E-state index in [-0.39, 0.29) is 13.1 Å². The minimum Gasteiger partial charge on any atom is -0.145 e. The summed E-state index contributed by atoms with van der Waals surface area (Å²) >= 11 is 0. The van der Waals surface area contributed by atoms with Crippen LogP contribution in [0.15, 0.2) is 0 Å². The van der Waals surface area contributed by atoms with E-state index in [0.29, 0.717) is 0 Å². The van der Waals surface area contributed by atoms with Crippen molar-refractivity contribution in [2.75, 3.05) is 13.1 Å². The van der Waals surface area contributed by atoms with Crippen LogP contribution in [0, 0.1) is 0 Å². The second-order valence-corrected chi connectivity index (χ2v) is 1.15. The number of unbranched alkanes of at least 4 members (excludes halogenated alkanes) is 1. The van der Waals surface area contributed by atoms with Crippen molar-refractivity contribution in [3.05, 3.63) is 0 Å². The maximum absolute atomic E-state index is 8.09. The van der Waals surface area contributed by atoms with Gasteiger partial charge in [-0.2, -0.15) is 0 Å². The standard InChI is InChI=1S/C4H8N2/c5-3-1-2-4-6/h1-4H2. The Hall–Kier alpha value is -0.0800. The Kier molecular flexibility index (Phi) is 4.85. The van der Waals surface area contributed by atoms with Crippen molar-refractivity contribution in [2.24, 2.45) is 0 Å². The molecule has 34 valence electrons. The summed E-state index contributed by atoms with van der Waals surface area (Å²) in [5, 5.41) is 0. The van der Waals surface area contributed by atoms with E-state index in [0.717, 1.165) is 12.8 Å². The molecule has 0 heterocycles. The normalized spacial score (nSPS) is 9.00. The van der Waals surface area contributed by atoms with Crippen molar-refractivity contribution in [1.82, 2.24) is 11.5 Å². The SMILES string of the molecule is [N]CCCC[N]. The van der Waals surface area contributed by atoms with Crippen LogP contribution in [-0.2, 0) is 0 Å². The van der Waals surface area contributed by atoms with Gasteiger partial charge in [0.25, 0.3) is 0 Å². The zero-order valence-electron chi connectivity index (χ0n) is 3.72. The third kappa shape index (κ3) is 3.92. The minimum atomic E-state index is 0.195. The van der Waals surface area contributed by atoms with E-state index in [1.165, 1.54) is 0 Å². The second-order valence-electron chi connectivity index (χ2n) is 1.15. The Morgan fingerprint density at radius 2 is 1.17 bits per heavy atom. The lowest BCUT2D eigenvalue weighted by Gasteiger charge is -1.83. The fourth-order valence-corrected chi connectivity index (χ4v) is 0.224. The largest absolute Gasteiger partial charge is 0.145 e. The summed E-state index contributed by atoms with van der Waals surface area (Å²) in [6.07, 6.45) is 1.44. The van der Waals surface area contributed by atoms with Crippen LogP contribution in [-0.4, -0.2) is 13.1 Å². The van der Waals surface area contributed by atoms with Gasteiger partial charge >= 0.3 is 0 Å². The first-order valence-electron chi connectivity index (χ1n) is 2.13. The zero-order chi connectivity index (χ0) is 4.83. The molecule has 4 radical (unpaired) electrons. The highest BCUT2D eigenvalue weighted by Crippen LogP contribution is 1.79. The molecule has 0 unspecified atom stereocenters. The highest BCUT2D eigenvalue weighted by Gasteiger charge is 1.78. The number of hydrogen-bond acceptors (Lipinski definition) is 0. The van der Waals surface area contributed by atoms with Crippen molar-refractivity contribution >= 4 is 0 Å². The van der Waals surface area contributed by atoms with E-state index in [9.17, 15) is 0 Å². The quantitative estimate of drug-likeness (QED) is 0.429. The summed E-state index contributed by atoms with van der Waals surface area (Å²) in [5.41, 5.74) is 16.2. The van der Waals surface area contributed by atoms with Crippen LogP contribution < -0.4 is 11.5 Å². The van der Waals surface area contributed by atoms with Gasteiger partial charge in [0.05, 0.1) is 0 Å². The summed E-state index contributed by atoms with van der Waals surface area (Å²) < 4.78 is 0. The molecule has 2 heteroatoms. The van der Waals surface area contributed by atoms with E-state index in [1.54, 1.807) is 0 Å². The fourth-order valence-electron chi connectivity index (χ4n) is 0.224. The number of rotatable bonds is 3. The van der Waals surface area contributed by atoms with Gasteiger partial charge in [-0.3, -0.25) is 0 Å². The average molecular weight is 84.1 g/mol. The van der Waals surface area contributed by atoms with E-state index < -0.39 is 0 Å². The van der Waals surface area contributed by atoms with Crippen LogP contribution in [0.3, 0.4) is 0 Å². The van der Waals surface area contributed by atoms with Crippen LogP contribution in [0.25, 0.3) is 0 Å². The van der Waals surface area contributed by atoms with Crippen LogP contribution in [0.4, 0.5) is 0 Å². The lowest BCUT2D eigenvalue weighted by atomic mass is 10.3. The molecule has 0 saturated heterocycles. The third-order valence-corrected chi connectivity index (χ3v) is 0.566. The number of nitrogens with zero attached hydrogens (tertiary/aromatic N) is 2. The molecule has 0 aliphatic heterocycles. The molecule has 0 bridgehead atoms. The summed E-state index contributed by atoms with van der Waals surface area (Å²) in [6, 6.07) is 0. The second kappa shape index (κ2) is 4.92. The van der Waals surface area contributed by atoms with E-state index in [4.69, 9.17) is 11.5 Å². The first-order valence-corrected chi connectivity index (χ1v) is 2.13. The van der Waals surface area contributed by atoms with Gasteiger partial charge in [-0.25, -0.2) is 0 Å². The topological polar surface area (TPSA) is 44.6 Å². The van der Waals surface area contributed by atoms with Gasteiger partial charge in [0.2, 0.25) is 0 Å². The van der Waals surface area contributed by atoms with Crippen molar-refractivity contribution in [3.8, 4) is 0 Å². The molecule has 0 amide bonds. The van der Waals surface area contributed by atoms with Gasteiger partial charge in [0.15, 0.2) is 0 Å². The summed E-state index contributed by atoms with van der Waals surface area (Å²) in [5.74, 6) is 0. The fraction of sp³-hybridized carbons (Fsp3) is 1.00. The predicted octanol–water partition coefficient (Wildman–Crippen LogP) is -0.0960. The van der Waals surface area contributed by atoms with Crippen LogP contribution in [0.2, 0.25) is 0 Å². The molecular formula is C4H8N2. The molecular weight excluding hydrogens is 76.1 g/mol. The molecule has 0 rings (SSSR count). The van der Waals surface area contributed by atoms with E-state index in [2.05, 4.69) is 0 Å². The van der Waals surface area contributed by atoms with Gasteiger partial charge in [-0.05, 0) is 12.8 Å². The monoisotopic (exact) mass is 84.1 g/mol.